The summed E-state index contributed by atoms with van der Waals surface area (Å²) in [6.45, 7) is 5.52. The first-order valence-electron chi connectivity index (χ1n) is 12.3. The predicted molar refractivity (Wildman–Crippen MR) is 134 cm³/mol. The predicted octanol–water partition coefficient (Wildman–Crippen LogP) is 3.34. The Hall–Kier alpha value is -3.04. The van der Waals surface area contributed by atoms with Gasteiger partial charge < -0.3 is 18.9 Å². The van der Waals surface area contributed by atoms with E-state index >= 15 is 0 Å². The minimum absolute atomic E-state index is 0.228. The number of H-pyrrole nitrogens is 1. The minimum atomic E-state index is -0.942. The Labute approximate surface area is 209 Å². The number of rotatable bonds is 8. The maximum absolute atomic E-state index is 12.8. The number of benzene rings is 2. The molecule has 0 aliphatic carbocycles. The summed E-state index contributed by atoms with van der Waals surface area (Å²) in [4.78, 5) is 27.3. The van der Waals surface area contributed by atoms with Crippen LogP contribution < -0.4 is 11.2 Å². The van der Waals surface area contributed by atoms with Gasteiger partial charge in [0, 0.05) is 30.7 Å². The number of ether oxygens (including phenoxy) is 4. The second-order valence-electron chi connectivity index (χ2n) is 9.71. The van der Waals surface area contributed by atoms with Gasteiger partial charge in [-0.1, -0.05) is 67.6 Å². The van der Waals surface area contributed by atoms with Crippen molar-refractivity contribution in [1.82, 2.24) is 9.55 Å². The first-order valence-corrected chi connectivity index (χ1v) is 12.3. The zero-order valence-corrected chi connectivity index (χ0v) is 20.6. The zero-order chi connectivity index (χ0) is 25.2. The molecule has 0 radical (unpaired) electrons. The highest BCUT2D eigenvalue weighted by Crippen LogP contribution is 2.54. The van der Waals surface area contributed by atoms with Gasteiger partial charge in [0.05, 0.1) is 26.4 Å². The molecule has 0 saturated carbocycles. The van der Waals surface area contributed by atoms with Crippen LogP contribution in [0.25, 0.3) is 0 Å². The van der Waals surface area contributed by atoms with Gasteiger partial charge in [0.1, 0.15) is 17.4 Å². The lowest BCUT2D eigenvalue weighted by atomic mass is 9.73. The fourth-order valence-corrected chi connectivity index (χ4v) is 5.45. The van der Waals surface area contributed by atoms with Gasteiger partial charge in [0.25, 0.3) is 5.56 Å². The van der Waals surface area contributed by atoms with Crippen molar-refractivity contribution in [2.45, 2.75) is 50.9 Å². The van der Waals surface area contributed by atoms with Crippen molar-refractivity contribution < 1.29 is 18.9 Å². The first kappa shape index (κ1) is 24.6. The van der Waals surface area contributed by atoms with Crippen LogP contribution in [0.15, 0.2) is 76.4 Å². The molecule has 3 aromatic rings. The van der Waals surface area contributed by atoms with Crippen LogP contribution in [0.4, 0.5) is 0 Å². The van der Waals surface area contributed by atoms with Crippen LogP contribution in [-0.4, -0.2) is 40.6 Å². The molecule has 0 amide bonds. The Morgan fingerprint density at radius 2 is 1.69 bits per heavy atom. The van der Waals surface area contributed by atoms with E-state index in [1.807, 2.05) is 67.6 Å². The smallest absolute Gasteiger partial charge is 0.330 e. The Bertz CT molecular complexity index is 1290. The Morgan fingerprint density at radius 3 is 2.39 bits per heavy atom. The molecule has 0 bridgehead atoms. The van der Waals surface area contributed by atoms with Crippen LogP contribution in [0.2, 0.25) is 0 Å². The summed E-state index contributed by atoms with van der Waals surface area (Å²) in [6, 6.07) is 19.9. The third-order valence-electron chi connectivity index (χ3n) is 7.44. The van der Waals surface area contributed by atoms with E-state index in [0.717, 1.165) is 11.1 Å². The number of nitrogens with one attached hydrogen (secondary N) is 1. The molecule has 4 atom stereocenters. The lowest BCUT2D eigenvalue weighted by Gasteiger charge is -2.48. The SMILES string of the molecule is Cc1cn([C@@H]2OC3(COCc4ccccc4)COCCC3(OCc3ccccc3)C2C)c(=O)[nH]c1=O. The summed E-state index contributed by atoms with van der Waals surface area (Å²) < 4.78 is 27.1. The third-order valence-corrected chi connectivity index (χ3v) is 7.44. The van der Waals surface area contributed by atoms with E-state index in [-0.39, 0.29) is 19.1 Å². The van der Waals surface area contributed by atoms with E-state index in [4.69, 9.17) is 18.9 Å². The highest BCUT2D eigenvalue weighted by atomic mass is 16.6. The summed E-state index contributed by atoms with van der Waals surface area (Å²) in [5.41, 5.74) is -0.0973. The van der Waals surface area contributed by atoms with E-state index in [1.165, 1.54) is 4.57 Å². The molecule has 1 aromatic heterocycles. The molecule has 2 aromatic carbocycles. The number of hydrogen-bond donors (Lipinski definition) is 1. The second kappa shape index (κ2) is 10.1. The fourth-order valence-electron chi connectivity index (χ4n) is 5.45. The molecule has 0 spiro atoms. The molecule has 2 aliphatic heterocycles. The van der Waals surface area contributed by atoms with E-state index in [2.05, 4.69) is 4.98 Å². The van der Waals surface area contributed by atoms with Crippen molar-refractivity contribution in [3.05, 3.63) is 104 Å². The van der Waals surface area contributed by atoms with Crippen LogP contribution in [0, 0.1) is 12.8 Å². The van der Waals surface area contributed by atoms with E-state index in [9.17, 15) is 9.59 Å². The van der Waals surface area contributed by atoms with E-state index < -0.39 is 28.7 Å². The van der Waals surface area contributed by atoms with Crippen LogP contribution >= 0.6 is 0 Å². The van der Waals surface area contributed by atoms with E-state index in [1.54, 1.807) is 13.1 Å². The molecule has 5 rings (SSSR count). The highest BCUT2D eigenvalue weighted by Gasteiger charge is 2.67. The summed E-state index contributed by atoms with van der Waals surface area (Å²) in [5, 5.41) is 0. The molecule has 36 heavy (non-hydrogen) atoms. The highest BCUT2D eigenvalue weighted by molar-refractivity contribution is 5.18. The number of nitrogens with zero attached hydrogens (tertiary/aromatic N) is 1. The molecule has 2 aliphatic rings. The van der Waals surface area contributed by atoms with Crippen LogP contribution in [0.3, 0.4) is 0 Å². The number of aromatic amines is 1. The van der Waals surface area contributed by atoms with Crippen molar-refractivity contribution in [2.75, 3.05) is 19.8 Å². The number of aryl methyl sites for hydroxylation is 1. The Balaban J connectivity index is 1.50. The molecular weight excluding hydrogens is 460 g/mol. The second-order valence-corrected chi connectivity index (χ2v) is 9.71. The molecule has 3 unspecified atom stereocenters. The first-order chi connectivity index (χ1) is 17.4. The molecule has 1 N–H and O–H groups in total. The third kappa shape index (κ3) is 4.46. The maximum Gasteiger partial charge on any atom is 0.330 e. The number of hydrogen-bond acceptors (Lipinski definition) is 6. The summed E-state index contributed by atoms with van der Waals surface area (Å²) in [7, 11) is 0. The van der Waals surface area contributed by atoms with Gasteiger partial charge in [-0.05, 0) is 18.1 Å². The molecule has 8 heteroatoms. The molecular formula is C28H32N2O6. The van der Waals surface area contributed by atoms with Crippen LogP contribution in [0.5, 0.6) is 0 Å². The number of aromatic nitrogens is 2. The Morgan fingerprint density at radius 1 is 1.03 bits per heavy atom. The van der Waals surface area contributed by atoms with Crippen molar-refractivity contribution >= 4 is 0 Å². The van der Waals surface area contributed by atoms with Crippen molar-refractivity contribution in [3.8, 4) is 0 Å². The molecule has 2 saturated heterocycles. The van der Waals surface area contributed by atoms with Gasteiger partial charge in [-0.15, -0.1) is 0 Å². The van der Waals surface area contributed by atoms with Gasteiger partial charge in [-0.3, -0.25) is 14.3 Å². The van der Waals surface area contributed by atoms with Crippen molar-refractivity contribution in [3.63, 3.8) is 0 Å². The normalized spacial score (nSPS) is 27.6. The van der Waals surface area contributed by atoms with Crippen molar-refractivity contribution in [2.24, 2.45) is 5.92 Å². The quantitative estimate of drug-likeness (QED) is 0.519. The largest absolute Gasteiger partial charge is 0.378 e. The minimum Gasteiger partial charge on any atom is -0.378 e. The topological polar surface area (TPSA) is 91.8 Å². The average Bonchev–Trinajstić information content (AvgIpc) is 3.15. The van der Waals surface area contributed by atoms with E-state index in [0.29, 0.717) is 31.8 Å². The number of fused-ring (bicyclic) bond motifs is 1. The Kier molecular flexibility index (Phi) is 6.94. The summed E-state index contributed by atoms with van der Waals surface area (Å²) in [6.07, 6.45) is 1.48. The van der Waals surface area contributed by atoms with Gasteiger partial charge in [0.15, 0.2) is 0 Å². The molecule has 8 nitrogen and oxygen atoms in total. The van der Waals surface area contributed by atoms with Gasteiger partial charge in [-0.25, -0.2) is 4.79 Å². The summed E-state index contributed by atoms with van der Waals surface area (Å²) >= 11 is 0. The van der Waals surface area contributed by atoms with Crippen LogP contribution in [-0.2, 0) is 32.2 Å². The van der Waals surface area contributed by atoms with Gasteiger partial charge in [-0.2, -0.15) is 0 Å². The fraction of sp³-hybridized carbons (Fsp3) is 0.429. The standard InChI is InChI=1S/C28H32N2O6/c1-20-15-30(26(32)29-24(20)31)25-21(2)28(35-17-23-11-7-4-8-12-23)13-14-33-18-27(28,36-25)19-34-16-22-9-5-3-6-10-22/h3-12,15,21,25H,13-14,16-19H2,1-2H3,(H,29,31,32)/t21?,25-,27?,28?/m1/s1. The average molecular weight is 493 g/mol. The van der Waals surface area contributed by atoms with Crippen molar-refractivity contribution in [1.29, 1.82) is 0 Å². The van der Waals surface area contributed by atoms with Gasteiger partial charge in [0.2, 0.25) is 0 Å². The van der Waals surface area contributed by atoms with Crippen LogP contribution in [0.1, 0.15) is 36.3 Å². The maximum atomic E-state index is 12.8. The lowest BCUT2D eigenvalue weighted by Crippen LogP contribution is -2.63. The molecule has 3 heterocycles. The monoisotopic (exact) mass is 492 g/mol. The lowest BCUT2D eigenvalue weighted by molar-refractivity contribution is -0.251. The summed E-state index contributed by atoms with van der Waals surface area (Å²) in [5.74, 6) is -0.228. The molecule has 2 fully saturated rings. The molecule has 190 valence electrons. The zero-order valence-electron chi connectivity index (χ0n) is 20.6. The van der Waals surface area contributed by atoms with Gasteiger partial charge >= 0.3 is 5.69 Å².